The van der Waals surface area contributed by atoms with E-state index in [1.807, 2.05) is 25.1 Å². The summed E-state index contributed by atoms with van der Waals surface area (Å²) in [5.74, 6) is 2.13. The molecule has 0 saturated carbocycles. The molecule has 1 heterocycles. The number of methoxy groups -OCH3 is 4. The summed E-state index contributed by atoms with van der Waals surface area (Å²) < 4.78 is 50.7. The minimum atomic E-state index is -3.98. The minimum Gasteiger partial charge on any atom is -0.497 e. The van der Waals surface area contributed by atoms with Crippen LogP contribution >= 0.6 is 0 Å². The number of benzene rings is 3. The Balaban J connectivity index is 1.88. The molecule has 0 saturated heterocycles. The molecule has 3 aromatic carbocycles. The van der Waals surface area contributed by atoms with Gasteiger partial charge in [-0.2, -0.15) is 17.9 Å². The van der Waals surface area contributed by atoms with Crippen molar-refractivity contribution in [2.45, 2.75) is 24.3 Å². The fourth-order valence-corrected chi connectivity index (χ4v) is 5.51. The van der Waals surface area contributed by atoms with Crippen molar-refractivity contribution in [3.05, 3.63) is 77.4 Å². The largest absolute Gasteiger partial charge is 0.497 e. The first-order valence-corrected chi connectivity index (χ1v) is 12.4. The monoisotopic (exact) mass is 496 g/mol. The van der Waals surface area contributed by atoms with Crippen LogP contribution in [0.5, 0.6) is 23.0 Å². The highest BCUT2D eigenvalue weighted by Crippen LogP contribution is 2.44. The van der Waals surface area contributed by atoms with Crippen LogP contribution in [0.1, 0.15) is 29.2 Å². The number of hydrogen-bond donors (Lipinski definition) is 0. The molecule has 0 unspecified atom stereocenters. The third-order valence-corrected chi connectivity index (χ3v) is 7.61. The highest BCUT2D eigenvalue weighted by atomic mass is 32.2. The molecule has 0 bridgehead atoms. The van der Waals surface area contributed by atoms with E-state index in [1.54, 1.807) is 63.8 Å². The van der Waals surface area contributed by atoms with E-state index in [9.17, 15) is 8.42 Å². The fourth-order valence-electron chi connectivity index (χ4n) is 4.08. The molecular weight excluding hydrogens is 468 g/mol. The molecule has 9 heteroatoms. The lowest BCUT2D eigenvalue weighted by atomic mass is 9.98. The molecule has 0 N–H and O–H groups in total. The number of rotatable bonds is 8. The van der Waals surface area contributed by atoms with Gasteiger partial charge >= 0.3 is 0 Å². The zero-order valence-corrected chi connectivity index (χ0v) is 21.1. The molecule has 1 aliphatic rings. The van der Waals surface area contributed by atoms with Gasteiger partial charge in [-0.15, -0.1) is 0 Å². The van der Waals surface area contributed by atoms with E-state index in [4.69, 9.17) is 18.9 Å². The van der Waals surface area contributed by atoms with Gasteiger partial charge in [0, 0.05) is 23.6 Å². The van der Waals surface area contributed by atoms with Crippen LogP contribution in [0.15, 0.2) is 70.7 Å². The van der Waals surface area contributed by atoms with Crippen molar-refractivity contribution in [1.82, 2.24) is 4.41 Å². The topological polar surface area (TPSA) is 86.7 Å². The average molecular weight is 497 g/mol. The van der Waals surface area contributed by atoms with Crippen molar-refractivity contribution in [2.75, 3.05) is 28.4 Å². The molecule has 8 nitrogen and oxygen atoms in total. The first-order valence-electron chi connectivity index (χ1n) is 10.9. The van der Waals surface area contributed by atoms with Gasteiger partial charge in [-0.1, -0.05) is 29.8 Å². The molecule has 184 valence electrons. The Morgan fingerprint density at radius 3 is 2.09 bits per heavy atom. The van der Waals surface area contributed by atoms with E-state index in [-0.39, 0.29) is 4.90 Å². The first kappa shape index (κ1) is 24.4. The van der Waals surface area contributed by atoms with Gasteiger partial charge in [0.2, 0.25) is 0 Å². The summed E-state index contributed by atoms with van der Waals surface area (Å²) in [5.41, 5.74) is 2.89. The van der Waals surface area contributed by atoms with Gasteiger partial charge in [0.1, 0.15) is 11.5 Å². The Bertz CT molecular complexity index is 1330. The molecule has 0 radical (unpaired) electrons. The van der Waals surface area contributed by atoms with Crippen molar-refractivity contribution in [2.24, 2.45) is 5.10 Å². The van der Waals surface area contributed by atoms with Crippen LogP contribution in [0.2, 0.25) is 0 Å². The molecule has 4 rings (SSSR count). The average Bonchev–Trinajstić information content (AvgIpc) is 3.34. The van der Waals surface area contributed by atoms with Crippen LogP contribution in [-0.2, 0) is 10.0 Å². The molecule has 3 aromatic rings. The maximum absolute atomic E-state index is 13.8. The zero-order chi connectivity index (χ0) is 25.2. The second-order valence-electron chi connectivity index (χ2n) is 8.04. The lowest BCUT2D eigenvalue weighted by Gasteiger charge is -2.25. The van der Waals surface area contributed by atoms with E-state index in [0.717, 1.165) is 9.98 Å². The van der Waals surface area contributed by atoms with Crippen molar-refractivity contribution >= 4 is 15.7 Å². The third-order valence-electron chi connectivity index (χ3n) is 5.91. The van der Waals surface area contributed by atoms with Gasteiger partial charge in [-0.3, -0.25) is 0 Å². The van der Waals surface area contributed by atoms with Crippen LogP contribution in [-0.4, -0.2) is 47.0 Å². The Morgan fingerprint density at radius 1 is 0.857 bits per heavy atom. The lowest BCUT2D eigenvalue weighted by Crippen LogP contribution is -2.27. The van der Waals surface area contributed by atoms with Gasteiger partial charge in [0.05, 0.1) is 45.1 Å². The second kappa shape index (κ2) is 9.87. The van der Waals surface area contributed by atoms with Crippen LogP contribution in [0.4, 0.5) is 0 Å². The van der Waals surface area contributed by atoms with E-state index in [0.29, 0.717) is 46.3 Å². The number of aryl methyl sites for hydroxylation is 1. The highest BCUT2D eigenvalue weighted by molar-refractivity contribution is 7.89. The molecule has 0 aromatic heterocycles. The third kappa shape index (κ3) is 4.64. The molecule has 1 atom stereocenters. The van der Waals surface area contributed by atoms with Crippen LogP contribution < -0.4 is 18.9 Å². The van der Waals surface area contributed by atoms with Crippen LogP contribution in [0.3, 0.4) is 0 Å². The van der Waals surface area contributed by atoms with E-state index < -0.39 is 16.1 Å². The summed E-state index contributed by atoms with van der Waals surface area (Å²) in [6.07, 6.45) is 0.310. The summed E-state index contributed by atoms with van der Waals surface area (Å²) in [6.45, 7) is 1.91. The maximum atomic E-state index is 13.8. The fraction of sp³-hybridized carbons (Fsp3) is 0.269. The molecule has 35 heavy (non-hydrogen) atoms. The van der Waals surface area contributed by atoms with Gasteiger partial charge in [0.25, 0.3) is 10.0 Å². The predicted octanol–water partition coefficient (Wildman–Crippen LogP) is 4.57. The van der Waals surface area contributed by atoms with Gasteiger partial charge in [-0.05, 0) is 37.3 Å². The first-order chi connectivity index (χ1) is 16.8. The zero-order valence-electron chi connectivity index (χ0n) is 20.3. The number of ether oxygens (including phenoxy) is 4. The van der Waals surface area contributed by atoms with Gasteiger partial charge in [0.15, 0.2) is 11.5 Å². The molecule has 0 aliphatic carbocycles. The predicted molar refractivity (Wildman–Crippen MR) is 133 cm³/mol. The summed E-state index contributed by atoms with van der Waals surface area (Å²) in [4.78, 5) is 0.156. The van der Waals surface area contributed by atoms with Crippen molar-refractivity contribution in [3.63, 3.8) is 0 Å². The molecular formula is C26H28N2O6S. The Labute approximate surface area is 205 Å². The summed E-state index contributed by atoms with van der Waals surface area (Å²) in [6, 6.07) is 16.8. The van der Waals surface area contributed by atoms with Gasteiger partial charge in [-0.25, -0.2) is 0 Å². The normalized spacial score (nSPS) is 15.5. The molecule has 0 fully saturated rings. The number of nitrogens with zero attached hydrogens (tertiary/aromatic N) is 2. The molecule has 1 aliphatic heterocycles. The Hall–Kier alpha value is -3.72. The molecule has 0 spiro atoms. The minimum absolute atomic E-state index is 0.156. The number of hydrazone groups is 1. The smallest absolute Gasteiger partial charge is 0.279 e. The maximum Gasteiger partial charge on any atom is 0.279 e. The lowest BCUT2D eigenvalue weighted by molar-refractivity contribution is 0.328. The van der Waals surface area contributed by atoms with Crippen LogP contribution in [0.25, 0.3) is 0 Å². The highest BCUT2D eigenvalue weighted by Gasteiger charge is 2.39. The number of para-hydroxylation sites is 1. The second-order valence-corrected chi connectivity index (χ2v) is 9.84. The summed E-state index contributed by atoms with van der Waals surface area (Å²) >= 11 is 0. The van der Waals surface area contributed by atoms with Crippen molar-refractivity contribution < 1.29 is 27.4 Å². The van der Waals surface area contributed by atoms with Crippen molar-refractivity contribution in [1.29, 1.82) is 0 Å². The summed E-state index contributed by atoms with van der Waals surface area (Å²) in [5, 5.41) is 4.62. The Morgan fingerprint density at radius 2 is 1.51 bits per heavy atom. The summed E-state index contributed by atoms with van der Waals surface area (Å²) in [7, 11) is 2.22. The number of hydrogen-bond acceptors (Lipinski definition) is 7. The van der Waals surface area contributed by atoms with Gasteiger partial charge < -0.3 is 18.9 Å². The van der Waals surface area contributed by atoms with E-state index in [2.05, 4.69) is 5.10 Å². The number of sulfonamides is 1. The van der Waals surface area contributed by atoms with E-state index >= 15 is 0 Å². The molecule has 0 amide bonds. The SMILES string of the molecule is COc1cc(OC)cc(C2=NN(S(=O)(=O)c3ccc(C)cc3)[C@@H](c3cccc(OC)c3OC)C2)c1. The van der Waals surface area contributed by atoms with Crippen molar-refractivity contribution in [3.8, 4) is 23.0 Å². The standard InChI is InChI=1S/C26H28N2O6S/c1-17-9-11-21(12-10-17)35(29,30)28-24(22-7-6-8-25(33-4)26(22)34-5)16-23(27-28)18-13-19(31-2)15-20(14-18)32-3/h6-15,24H,16H2,1-5H3/t24-/m1/s1. The Kier molecular flexibility index (Phi) is 6.88. The van der Waals surface area contributed by atoms with E-state index in [1.165, 1.54) is 7.11 Å². The quantitative estimate of drug-likeness (QED) is 0.454. The van der Waals surface area contributed by atoms with Crippen LogP contribution in [0, 0.1) is 6.92 Å².